The number of hydrogen-bond acceptors (Lipinski definition) is 16. The van der Waals surface area contributed by atoms with Crippen molar-refractivity contribution >= 4 is 5.97 Å². The van der Waals surface area contributed by atoms with E-state index in [0.29, 0.717) is 50.5 Å². The van der Waals surface area contributed by atoms with Crippen molar-refractivity contribution in [3.8, 4) is 0 Å². The maximum atomic E-state index is 13.8. The van der Waals surface area contributed by atoms with Gasteiger partial charge in [-0.1, -0.05) is 18.6 Å². The van der Waals surface area contributed by atoms with Gasteiger partial charge in [-0.05, 0) is 64.2 Å². The average molecular weight is 811 g/mol. The largest absolute Gasteiger partial charge is 0.466 e. The highest BCUT2D eigenvalue weighted by Gasteiger charge is 2.68. The summed E-state index contributed by atoms with van der Waals surface area (Å²) in [6.45, 7) is 9.29. The zero-order valence-electron chi connectivity index (χ0n) is 34.0. The van der Waals surface area contributed by atoms with E-state index in [1.807, 2.05) is 13.8 Å². The smallest absolute Gasteiger partial charge is 0.310 e. The molecule has 57 heavy (non-hydrogen) atoms. The Kier molecular flexibility index (Phi) is 11.7. The Bertz CT molecular complexity index is 1530. The summed E-state index contributed by atoms with van der Waals surface area (Å²) in [6, 6.07) is 0. The van der Waals surface area contributed by atoms with Gasteiger partial charge in [0, 0.05) is 46.0 Å². The van der Waals surface area contributed by atoms with Crippen LogP contribution in [0.15, 0.2) is 23.5 Å². The SMILES string of the molecule is CO[C@H]1C[C@H](O[C@H]2[C@@H](O)C[C@H](O[C@H]3[C@@H](OC)C[C@H](O[C@@H]4CC5=CC[C@H]6C(=O)OC7CO[C@]8(C)OC=C(CC[C@@H]6[C@@]5(C)C[C@H]4O)[C@]78O)O[C@@H]3C)O[C@@H]2C)O[C@@H](C)[C@@H]1O. The van der Waals surface area contributed by atoms with Crippen LogP contribution in [0.1, 0.15) is 86.0 Å². The number of rotatable bonds is 8. The Morgan fingerprint density at radius 3 is 2.16 bits per heavy atom. The highest BCUT2D eigenvalue weighted by atomic mass is 16.8. The molecule has 16 heteroatoms. The van der Waals surface area contributed by atoms with Gasteiger partial charge in [0.05, 0.1) is 67.6 Å². The first-order valence-corrected chi connectivity index (χ1v) is 20.7. The fourth-order valence-electron chi connectivity index (χ4n) is 11.0. The summed E-state index contributed by atoms with van der Waals surface area (Å²) in [5.41, 5.74) is -0.252. The van der Waals surface area contributed by atoms with Gasteiger partial charge in [0.25, 0.3) is 0 Å². The van der Waals surface area contributed by atoms with Crippen LogP contribution in [0, 0.1) is 17.3 Å². The topological polar surface area (TPSA) is 200 Å². The summed E-state index contributed by atoms with van der Waals surface area (Å²) in [7, 11) is 3.14. The third kappa shape index (κ3) is 7.31. The van der Waals surface area contributed by atoms with E-state index in [-0.39, 0.29) is 24.9 Å². The number of aliphatic hydroxyl groups is 4. The van der Waals surface area contributed by atoms with E-state index in [9.17, 15) is 25.2 Å². The molecule has 6 fully saturated rings. The van der Waals surface area contributed by atoms with Crippen LogP contribution in [-0.2, 0) is 56.9 Å². The maximum Gasteiger partial charge on any atom is 0.310 e. The van der Waals surface area contributed by atoms with Crippen LogP contribution in [0.4, 0.5) is 0 Å². The van der Waals surface area contributed by atoms with Crippen molar-refractivity contribution in [2.75, 3.05) is 20.8 Å². The first-order chi connectivity index (χ1) is 27.1. The van der Waals surface area contributed by atoms with Crippen molar-refractivity contribution in [2.24, 2.45) is 17.3 Å². The lowest BCUT2D eigenvalue weighted by molar-refractivity contribution is -0.338. The van der Waals surface area contributed by atoms with Crippen molar-refractivity contribution in [2.45, 2.75) is 189 Å². The van der Waals surface area contributed by atoms with Crippen LogP contribution in [0.25, 0.3) is 0 Å². The van der Waals surface area contributed by atoms with Crippen molar-refractivity contribution in [3.05, 3.63) is 23.5 Å². The van der Waals surface area contributed by atoms with Crippen LogP contribution in [0.5, 0.6) is 0 Å². The zero-order chi connectivity index (χ0) is 40.6. The standard InChI is InChI=1S/C41H62O16/c1-19-35(44)29(47-6)14-34(51-19)56-36-20(2)52-32(13-26(36)42)57-37-21(3)53-33(15-30(37)48-7)54-28-12-22-8-10-24-25(39(22,4)16-27(28)43)11-9-23-17-49-40(5)41(23,46)31(18-50-40)55-38(24)45/h8,17,19-21,24-37,42-44,46H,9-16,18H2,1-7H3/t19-,20+,21+,24+,25-,26-,27+,28+,29-,30-,31?,32-,33-,34-,35-,36+,37+,39-,40-,41-/m0/s1. The molecule has 4 N–H and O–H groups in total. The number of aliphatic hydroxyl groups excluding tert-OH is 3. The first-order valence-electron chi connectivity index (χ1n) is 20.7. The summed E-state index contributed by atoms with van der Waals surface area (Å²) in [6.07, 6.45) is -2.71. The number of hydrogen-bond donors (Lipinski definition) is 4. The zero-order valence-corrected chi connectivity index (χ0v) is 34.0. The monoisotopic (exact) mass is 810 g/mol. The van der Waals surface area contributed by atoms with E-state index < -0.39 is 115 Å². The predicted octanol–water partition coefficient (Wildman–Crippen LogP) is 2.12. The molecule has 1 unspecified atom stereocenters. The molecule has 0 aromatic heterocycles. The average Bonchev–Trinajstić information content (AvgIpc) is 3.58. The third-order valence-electron chi connectivity index (χ3n) is 14.5. The summed E-state index contributed by atoms with van der Waals surface area (Å²) in [4.78, 5) is 13.8. The van der Waals surface area contributed by atoms with Gasteiger partial charge in [-0.3, -0.25) is 4.79 Å². The number of ether oxygens (including phenoxy) is 11. The van der Waals surface area contributed by atoms with Gasteiger partial charge in [-0.2, -0.15) is 0 Å². The molecule has 6 heterocycles. The second-order valence-electron chi connectivity index (χ2n) is 17.8. The first kappa shape index (κ1) is 41.9. The van der Waals surface area contributed by atoms with E-state index in [1.54, 1.807) is 27.2 Å². The van der Waals surface area contributed by atoms with Crippen molar-refractivity contribution in [3.63, 3.8) is 0 Å². The van der Waals surface area contributed by atoms with E-state index in [2.05, 4.69) is 13.0 Å². The maximum absolute atomic E-state index is 13.8. The third-order valence-corrected chi connectivity index (χ3v) is 14.5. The van der Waals surface area contributed by atoms with E-state index >= 15 is 0 Å². The number of carbonyl (C=O) groups excluding carboxylic acids is 1. The normalized spacial score (nSPS) is 52.5. The van der Waals surface area contributed by atoms with Gasteiger partial charge < -0.3 is 72.5 Å². The Morgan fingerprint density at radius 2 is 1.44 bits per heavy atom. The second-order valence-corrected chi connectivity index (χ2v) is 17.8. The number of allylic oxidation sites excluding steroid dienone is 1. The molecule has 0 radical (unpaired) electrons. The van der Waals surface area contributed by atoms with Gasteiger partial charge >= 0.3 is 5.97 Å². The molecule has 8 aliphatic rings. The van der Waals surface area contributed by atoms with Gasteiger partial charge in [-0.25, -0.2) is 0 Å². The molecule has 6 aliphatic heterocycles. The fourth-order valence-corrected chi connectivity index (χ4v) is 11.0. The highest BCUT2D eigenvalue weighted by molar-refractivity contribution is 5.74. The molecule has 8 rings (SSSR count). The van der Waals surface area contributed by atoms with Crippen LogP contribution in [-0.4, -0.2) is 151 Å². The summed E-state index contributed by atoms with van der Waals surface area (Å²) in [5, 5.41) is 45.0. The Hall–Kier alpha value is -1.77. The van der Waals surface area contributed by atoms with Crippen LogP contribution >= 0.6 is 0 Å². The molecule has 2 aliphatic carbocycles. The van der Waals surface area contributed by atoms with Gasteiger partial charge in [-0.15, -0.1) is 0 Å². The number of methoxy groups -OCH3 is 2. The number of fused-ring (bicyclic) bond motifs is 3. The van der Waals surface area contributed by atoms with Crippen molar-refractivity contribution in [1.82, 2.24) is 0 Å². The Balaban J connectivity index is 0.874. The van der Waals surface area contributed by atoms with E-state index in [0.717, 1.165) is 5.57 Å². The molecular formula is C41H62O16. The molecule has 322 valence electrons. The van der Waals surface area contributed by atoms with Gasteiger partial charge in [0.2, 0.25) is 5.79 Å². The van der Waals surface area contributed by atoms with Crippen molar-refractivity contribution in [1.29, 1.82) is 0 Å². The fraction of sp³-hybridized carbons (Fsp3) is 0.878. The number of carbonyl (C=O) groups is 1. The lowest BCUT2D eigenvalue weighted by Gasteiger charge is -2.52. The lowest BCUT2D eigenvalue weighted by Crippen LogP contribution is -2.57. The molecule has 5 saturated heterocycles. The minimum Gasteiger partial charge on any atom is -0.466 e. The second kappa shape index (κ2) is 15.9. The number of esters is 1. The lowest BCUT2D eigenvalue weighted by atomic mass is 9.55. The highest BCUT2D eigenvalue weighted by Crippen LogP contribution is 2.58. The predicted molar refractivity (Wildman–Crippen MR) is 196 cm³/mol. The molecule has 0 aromatic rings. The van der Waals surface area contributed by atoms with Crippen LogP contribution in [0.2, 0.25) is 0 Å². The van der Waals surface area contributed by atoms with Gasteiger partial charge in [0.1, 0.15) is 18.3 Å². The molecule has 0 bridgehead atoms. The van der Waals surface area contributed by atoms with Gasteiger partial charge in [0.15, 0.2) is 30.6 Å². The van der Waals surface area contributed by atoms with E-state index in [4.69, 9.17) is 52.1 Å². The summed E-state index contributed by atoms with van der Waals surface area (Å²) < 4.78 is 66.4. The Labute approximate surface area is 333 Å². The summed E-state index contributed by atoms with van der Waals surface area (Å²) in [5.74, 6) is -2.23. The molecule has 0 aromatic carbocycles. The quantitative estimate of drug-likeness (QED) is 0.205. The molecule has 20 atom stereocenters. The minimum absolute atomic E-state index is 0.0502. The van der Waals surface area contributed by atoms with Crippen LogP contribution in [0.3, 0.4) is 0 Å². The van der Waals surface area contributed by atoms with E-state index in [1.165, 1.54) is 7.11 Å². The molecule has 0 spiro atoms. The van der Waals surface area contributed by atoms with Crippen molar-refractivity contribution < 1.29 is 77.3 Å². The molecule has 16 nitrogen and oxygen atoms in total. The summed E-state index contributed by atoms with van der Waals surface area (Å²) >= 11 is 0. The molecular weight excluding hydrogens is 748 g/mol. The molecule has 1 saturated carbocycles. The van der Waals surface area contributed by atoms with Crippen LogP contribution < -0.4 is 0 Å². The minimum atomic E-state index is -1.55. The Morgan fingerprint density at radius 1 is 0.789 bits per heavy atom. The molecule has 0 amide bonds.